The summed E-state index contributed by atoms with van der Waals surface area (Å²) in [5.41, 5.74) is 1.09. The highest BCUT2D eigenvalue weighted by molar-refractivity contribution is 6.22. The summed E-state index contributed by atoms with van der Waals surface area (Å²) < 4.78 is 10.6. The molecular weight excluding hydrogens is 422 g/mol. The number of amides is 4. The summed E-state index contributed by atoms with van der Waals surface area (Å²) in [6, 6.07) is 12.6. The number of hydrogen-bond donors (Lipinski definition) is 1. The third-order valence-electron chi connectivity index (χ3n) is 6.13. The van der Waals surface area contributed by atoms with Crippen molar-refractivity contribution in [2.75, 3.05) is 23.9 Å². The largest absolute Gasteiger partial charge is 0.497 e. The van der Waals surface area contributed by atoms with Crippen LogP contribution in [-0.2, 0) is 9.59 Å². The number of hydrogen-bond acceptors (Lipinski definition) is 5. The molecule has 1 saturated carbocycles. The Morgan fingerprint density at radius 3 is 2.24 bits per heavy atom. The molecule has 2 aliphatic rings. The SMILES string of the molecule is CCOc1ccc(NC(=O)C[C@@H]2C(=O)N(c3ccc(OC)cc3)C(=O)N2C2CCCC2)cc1. The van der Waals surface area contributed by atoms with Crippen LogP contribution in [-0.4, -0.2) is 48.5 Å². The number of carbonyl (C=O) groups is 3. The van der Waals surface area contributed by atoms with E-state index in [0.29, 0.717) is 23.7 Å². The fraction of sp³-hybridized carbons (Fsp3) is 0.400. The van der Waals surface area contributed by atoms with Gasteiger partial charge < -0.3 is 19.7 Å². The Morgan fingerprint density at radius 2 is 1.64 bits per heavy atom. The number of imide groups is 1. The second-order valence-electron chi connectivity index (χ2n) is 8.23. The standard InChI is InChI=1S/C25H29N3O5/c1-3-33-21-12-8-17(9-13-21)26-23(29)16-22-24(30)28(19-10-14-20(32-2)15-11-19)25(31)27(22)18-6-4-5-7-18/h8-15,18,22H,3-7,16H2,1-2H3,(H,26,29)/t22-/m1/s1. The van der Waals surface area contributed by atoms with Gasteiger partial charge in [0.25, 0.3) is 5.91 Å². The van der Waals surface area contributed by atoms with Crippen LogP contribution in [0.25, 0.3) is 0 Å². The van der Waals surface area contributed by atoms with E-state index in [1.54, 1.807) is 60.5 Å². The minimum Gasteiger partial charge on any atom is -0.497 e. The molecule has 1 saturated heterocycles. The maximum absolute atomic E-state index is 13.4. The molecule has 0 aromatic heterocycles. The van der Waals surface area contributed by atoms with Crippen molar-refractivity contribution in [3.8, 4) is 11.5 Å². The van der Waals surface area contributed by atoms with E-state index >= 15 is 0 Å². The Kier molecular flexibility index (Phi) is 6.82. The average Bonchev–Trinajstić information content (AvgIpc) is 3.42. The van der Waals surface area contributed by atoms with Crippen molar-refractivity contribution in [3.05, 3.63) is 48.5 Å². The Balaban J connectivity index is 1.52. The molecule has 1 atom stereocenters. The molecule has 174 valence electrons. The highest BCUT2D eigenvalue weighted by Crippen LogP contribution is 2.34. The van der Waals surface area contributed by atoms with Gasteiger partial charge in [-0.05, 0) is 68.3 Å². The van der Waals surface area contributed by atoms with Crippen LogP contribution in [0.15, 0.2) is 48.5 Å². The fourth-order valence-electron chi connectivity index (χ4n) is 4.55. The molecule has 1 aliphatic heterocycles. The van der Waals surface area contributed by atoms with E-state index in [4.69, 9.17) is 9.47 Å². The number of ether oxygens (including phenoxy) is 2. The highest BCUT2D eigenvalue weighted by Gasteiger charge is 2.49. The Morgan fingerprint density at radius 1 is 1.00 bits per heavy atom. The maximum atomic E-state index is 13.4. The first-order valence-electron chi connectivity index (χ1n) is 11.3. The zero-order valence-electron chi connectivity index (χ0n) is 19.0. The van der Waals surface area contributed by atoms with Crippen molar-refractivity contribution in [2.24, 2.45) is 0 Å². The summed E-state index contributed by atoms with van der Waals surface area (Å²) in [7, 11) is 1.56. The van der Waals surface area contributed by atoms with Crippen LogP contribution in [0.5, 0.6) is 11.5 Å². The Labute approximate surface area is 193 Å². The van der Waals surface area contributed by atoms with E-state index in [2.05, 4.69) is 5.32 Å². The van der Waals surface area contributed by atoms with E-state index in [-0.39, 0.29) is 30.3 Å². The number of urea groups is 1. The smallest absolute Gasteiger partial charge is 0.332 e. The summed E-state index contributed by atoms with van der Waals surface area (Å²) in [6.45, 7) is 2.46. The van der Waals surface area contributed by atoms with Gasteiger partial charge in [-0.3, -0.25) is 9.59 Å². The number of benzene rings is 2. The van der Waals surface area contributed by atoms with Gasteiger partial charge in [0.2, 0.25) is 5.91 Å². The lowest BCUT2D eigenvalue weighted by atomic mass is 10.1. The normalized spacial score (nSPS) is 18.7. The minimum absolute atomic E-state index is 0.0343. The second-order valence-corrected chi connectivity index (χ2v) is 8.23. The molecule has 2 fully saturated rings. The molecule has 4 amide bonds. The van der Waals surface area contributed by atoms with Crippen molar-refractivity contribution < 1.29 is 23.9 Å². The van der Waals surface area contributed by atoms with E-state index in [1.165, 1.54) is 4.90 Å². The second kappa shape index (κ2) is 9.94. The molecule has 2 aromatic carbocycles. The van der Waals surface area contributed by atoms with Crippen LogP contribution in [0.2, 0.25) is 0 Å². The van der Waals surface area contributed by atoms with Crippen LogP contribution >= 0.6 is 0 Å². The summed E-state index contributed by atoms with van der Waals surface area (Å²) in [5.74, 6) is 0.662. The van der Waals surface area contributed by atoms with Gasteiger partial charge in [0.1, 0.15) is 17.5 Å². The van der Waals surface area contributed by atoms with Crippen molar-refractivity contribution in [2.45, 2.75) is 51.1 Å². The molecular formula is C25H29N3O5. The molecule has 8 nitrogen and oxygen atoms in total. The van der Waals surface area contributed by atoms with Crippen LogP contribution in [0, 0.1) is 0 Å². The predicted molar refractivity (Wildman–Crippen MR) is 125 cm³/mol. The number of carbonyl (C=O) groups excluding carboxylic acids is 3. The lowest BCUT2D eigenvalue weighted by Crippen LogP contribution is -2.43. The van der Waals surface area contributed by atoms with Gasteiger partial charge in [0, 0.05) is 11.7 Å². The Bertz CT molecular complexity index is 1000. The minimum atomic E-state index is -0.828. The van der Waals surface area contributed by atoms with Crippen molar-refractivity contribution >= 4 is 29.2 Å². The number of methoxy groups -OCH3 is 1. The molecule has 33 heavy (non-hydrogen) atoms. The van der Waals surface area contributed by atoms with Crippen LogP contribution in [0.3, 0.4) is 0 Å². The highest BCUT2D eigenvalue weighted by atomic mass is 16.5. The van der Waals surface area contributed by atoms with Gasteiger partial charge in [-0.25, -0.2) is 9.69 Å². The number of anilines is 2. The predicted octanol–water partition coefficient (Wildman–Crippen LogP) is 4.20. The van der Waals surface area contributed by atoms with Gasteiger partial charge in [0.05, 0.1) is 25.8 Å². The van der Waals surface area contributed by atoms with Crippen molar-refractivity contribution in [1.29, 1.82) is 0 Å². The topological polar surface area (TPSA) is 88.2 Å². The molecule has 8 heteroatoms. The average molecular weight is 452 g/mol. The molecule has 0 radical (unpaired) electrons. The molecule has 0 unspecified atom stereocenters. The molecule has 1 aliphatic carbocycles. The van der Waals surface area contributed by atoms with E-state index in [0.717, 1.165) is 31.4 Å². The van der Waals surface area contributed by atoms with E-state index in [1.807, 2.05) is 6.92 Å². The van der Waals surface area contributed by atoms with Gasteiger partial charge >= 0.3 is 6.03 Å². The number of nitrogens with one attached hydrogen (secondary N) is 1. The number of nitrogens with zero attached hydrogens (tertiary/aromatic N) is 2. The third kappa shape index (κ3) is 4.79. The monoisotopic (exact) mass is 451 g/mol. The van der Waals surface area contributed by atoms with Gasteiger partial charge in [-0.1, -0.05) is 12.8 Å². The van der Waals surface area contributed by atoms with Crippen LogP contribution in [0.4, 0.5) is 16.2 Å². The molecule has 1 heterocycles. The zero-order valence-corrected chi connectivity index (χ0v) is 19.0. The first-order valence-corrected chi connectivity index (χ1v) is 11.3. The van der Waals surface area contributed by atoms with Gasteiger partial charge in [-0.2, -0.15) is 0 Å². The quantitative estimate of drug-likeness (QED) is 0.608. The summed E-state index contributed by atoms with van der Waals surface area (Å²) >= 11 is 0. The van der Waals surface area contributed by atoms with Gasteiger partial charge in [0.15, 0.2) is 0 Å². The molecule has 1 N–H and O–H groups in total. The zero-order chi connectivity index (χ0) is 23.4. The lowest BCUT2D eigenvalue weighted by Gasteiger charge is -2.27. The van der Waals surface area contributed by atoms with Gasteiger partial charge in [-0.15, -0.1) is 0 Å². The molecule has 0 bridgehead atoms. The lowest BCUT2D eigenvalue weighted by molar-refractivity contribution is -0.124. The first-order chi connectivity index (χ1) is 16.0. The van der Waals surface area contributed by atoms with Crippen LogP contribution in [0.1, 0.15) is 39.0 Å². The van der Waals surface area contributed by atoms with Crippen molar-refractivity contribution in [3.63, 3.8) is 0 Å². The van der Waals surface area contributed by atoms with Crippen molar-refractivity contribution in [1.82, 2.24) is 4.90 Å². The van der Waals surface area contributed by atoms with Crippen LogP contribution < -0.4 is 19.7 Å². The third-order valence-corrected chi connectivity index (χ3v) is 6.13. The summed E-state index contributed by atoms with van der Waals surface area (Å²) in [5, 5.41) is 2.83. The number of rotatable bonds is 8. The summed E-state index contributed by atoms with van der Waals surface area (Å²) in [4.78, 5) is 42.4. The first kappa shape index (κ1) is 22.6. The maximum Gasteiger partial charge on any atom is 0.332 e. The molecule has 0 spiro atoms. The summed E-state index contributed by atoms with van der Waals surface area (Å²) in [6.07, 6.45) is 3.60. The molecule has 4 rings (SSSR count). The fourth-order valence-corrected chi connectivity index (χ4v) is 4.55. The Hall–Kier alpha value is -3.55. The molecule has 2 aromatic rings. The van der Waals surface area contributed by atoms with E-state index < -0.39 is 6.04 Å². The van der Waals surface area contributed by atoms with E-state index in [9.17, 15) is 14.4 Å².